The number of hydrogen-bond donors (Lipinski definition) is 2. The molecule has 3 aromatic rings. The number of aromatic nitrogens is 1. The van der Waals surface area contributed by atoms with Gasteiger partial charge in [-0.2, -0.15) is 0 Å². The Kier molecular flexibility index (Phi) is 5.83. The van der Waals surface area contributed by atoms with E-state index in [-0.39, 0.29) is 22.8 Å². The topological polar surface area (TPSA) is 79.0 Å². The number of anilines is 1. The van der Waals surface area contributed by atoms with Crippen LogP contribution in [-0.4, -0.2) is 24.9 Å². The molecule has 0 amide bonds. The molecule has 0 bridgehead atoms. The lowest BCUT2D eigenvalue weighted by Gasteiger charge is -2.15. The van der Waals surface area contributed by atoms with Gasteiger partial charge in [0.15, 0.2) is 0 Å². The molecule has 5 nitrogen and oxygen atoms in total. The maximum absolute atomic E-state index is 14.6. The fraction of sp³-hybridized carbons (Fsp3) is 0.190. The molecule has 1 aromatic heterocycles. The molecule has 1 unspecified atom stereocenters. The Morgan fingerprint density at radius 2 is 1.69 bits per heavy atom. The lowest BCUT2D eigenvalue weighted by atomic mass is 9.96. The zero-order valence-electron chi connectivity index (χ0n) is 15.9. The number of aromatic amines is 1. The number of rotatable bonds is 7. The molecule has 0 saturated heterocycles. The van der Waals surface area contributed by atoms with Crippen molar-refractivity contribution in [2.24, 2.45) is 0 Å². The molecule has 0 aliphatic heterocycles. The Morgan fingerprint density at radius 3 is 2.28 bits per heavy atom. The summed E-state index contributed by atoms with van der Waals surface area (Å²) < 4.78 is 54.6. The van der Waals surface area contributed by atoms with Crippen molar-refractivity contribution in [3.8, 4) is 0 Å². The van der Waals surface area contributed by atoms with Gasteiger partial charge in [0, 0.05) is 22.7 Å². The molecule has 0 saturated carbocycles. The number of benzene rings is 2. The molecule has 152 valence electrons. The van der Waals surface area contributed by atoms with Crippen molar-refractivity contribution in [1.82, 2.24) is 4.98 Å². The van der Waals surface area contributed by atoms with Crippen LogP contribution in [0, 0.1) is 11.6 Å². The van der Waals surface area contributed by atoms with Gasteiger partial charge in [-0.1, -0.05) is 37.3 Å². The summed E-state index contributed by atoms with van der Waals surface area (Å²) in [6, 6.07) is 13.7. The van der Waals surface area contributed by atoms with Gasteiger partial charge in [-0.3, -0.25) is 9.52 Å². The number of H-pyrrole nitrogens is 1. The standard InChI is InChI=1S/C21H20F2N2O3S/c1-3-29(27,28)25-15-11-16(22)20(17(23)12-15)13(2)18-9-10-19(24-18)21(26)14-7-5-4-6-8-14/h4-13,24-25H,3H2,1-2H3. The van der Waals surface area contributed by atoms with E-state index in [0.29, 0.717) is 17.0 Å². The predicted octanol–water partition coefficient (Wildman–Crippen LogP) is 4.44. The maximum atomic E-state index is 14.6. The summed E-state index contributed by atoms with van der Waals surface area (Å²) in [5, 5.41) is 0. The van der Waals surface area contributed by atoms with Crippen LogP contribution in [0.3, 0.4) is 0 Å². The molecular weight excluding hydrogens is 398 g/mol. The van der Waals surface area contributed by atoms with Crippen molar-refractivity contribution in [3.63, 3.8) is 0 Å². The molecular formula is C21H20F2N2O3S. The van der Waals surface area contributed by atoms with Gasteiger partial charge in [0.1, 0.15) is 11.6 Å². The summed E-state index contributed by atoms with van der Waals surface area (Å²) in [7, 11) is -3.65. The van der Waals surface area contributed by atoms with Gasteiger partial charge in [0.05, 0.1) is 17.1 Å². The zero-order valence-corrected chi connectivity index (χ0v) is 16.7. The van der Waals surface area contributed by atoms with Crippen molar-refractivity contribution >= 4 is 21.5 Å². The Hall–Kier alpha value is -3.00. The largest absolute Gasteiger partial charge is 0.355 e. The molecule has 3 rings (SSSR count). The summed E-state index contributed by atoms with van der Waals surface area (Å²) in [5.74, 6) is -2.91. The highest BCUT2D eigenvalue weighted by Crippen LogP contribution is 2.31. The van der Waals surface area contributed by atoms with Crippen molar-refractivity contribution in [2.75, 3.05) is 10.5 Å². The van der Waals surface area contributed by atoms with Gasteiger partial charge < -0.3 is 4.98 Å². The second kappa shape index (κ2) is 8.16. The zero-order chi connectivity index (χ0) is 21.2. The molecule has 1 atom stereocenters. The Morgan fingerprint density at radius 1 is 1.07 bits per heavy atom. The van der Waals surface area contributed by atoms with E-state index in [1.807, 2.05) is 0 Å². The number of sulfonamides is 1. The first-order chi connectivity index (χ1) is 13.7. The van der Waals surface area contributed by atoms with Crippen LogP contribution in [0.25, 0.3) is 0 Å². The highest BCUT2D eigenvalue weighted by atomic mass is 32.2. The van der Waals surface area contributed by atoms with E-state index in [4.69, 9.17) is 0 Å². The minimum Gasteiger partial charge on any atom is -0.355 e. The lowest BCUT2D eigenvalue weighted by molar-refractivity contribution is 0.103. The highest BCUT2D eigenvalue weighted by Gasteiger charge is 2.22. The second-order valence-corrected chi connectivity index (χ2v) is 8.61. The summed E-state index contributed by atoms with van der Waals surface area (Å²) in [4.78, 5) is 15.4. The summed E-state index contributed by atoms with van der Waals surface area (Å²) >= 11 is 0. The van der Waals surface area contributed by atoms with E-state index in [9.17, 15) is 22.0 Å². The van der Waals surface area contributed by atoms with Crippen LogP contribution < -0.4 is 4.72 Å². The quantitative estimate of drug-likeness (QED) is 0.557. The van der Waals surface area contributed by atoms with Crippen LogP contribution in [-0.2, 0) is 10.0 Å². The van der Waals surface area contributed by atoms with Crippen molar-refractivity contribution in [3.05, 3.63) is 88.7 Å². The first kappa shape index (κ1) is 20.7. The number of halogens is 2. The normalized spacial score (nSPS) is 12.6. The van der Waals surface area contributed by atoms with Crippen LogP contribution in [0.2, 0.25) is 0 Å². The average Bonchev–Trinajstić information content (AvgIpc) is 3.17. The van der Waals surface area contributed by atoms with E-state index < -0.39 is 27.6 Å². The number of carbonyl (C=O) groups excluding carboxylic acids is 1. The molecule has 0 radical (unpaired) electrons. The van der Waals surface area contributed by atoms with Crippen LogP contribution in [0.4, 0.5) is 14.5 Å². The van der Waals surface area contributed by atoms with E-state index in [1.54, 1.807) is 49.4 Å². The third-order valence-corrected chi connectivity index (χ3v) is 5.93. The van der Waals surface area contributed by atoms with Gasteiger partial charge in [-0.05, 0) is 31.2 Å². The summed E-state index contributed by atoms with van der Waals surface area (Å²) in [5.41, 5.74) is 0.878. The molecule has 0 fully saturated rings. The molecule has 1 heterocycles. The van der Waals surface area contributed by atoms with Crippen LogP contribution >= 0.6 is 0 Å². The minimum atomic E-state index is -3.65. The SMILES string of the molecule is CCS(=O)(=O)Nc1cc(F)c(C(C)c2ccc(C(=O)c3ccccc3)[nH]2)c(F)c1. The van der Waals surface area contributed by atoms with Crippen LogP contribution in [0.1, 0.15) is 47.1 Å². The molecule has 29 heavy (non-hydrogen) atoms. The number of hydrogen-bond acceptors (Lipinski definition) is 3. The van der Waals surface area contributed by atoms with Crippen LogP contribution in [0.15, 0.2) is 54.6 Å². The van der Waals surface area contributed by atoms with Gasteiger partial charge in [-0.25, -0.2) is 17.2 Å². The van der Waals surface area contributed by atoms with Gasteiger partial charge in [0.25, 0.3) is 0 Å². The Balaban J connectivity index is 1.88. The molecule has 2 N–H and O–H groups in total. The number of carbonyl (C=O) groups is 1. The Labute approximate surface area is 167 Å². The molecule has 0 aliphatic carbocycles. The first-order valence-electron chi connectivity index (χ1n) is 9.00. The first-order valence-corrected chi connectivity index (χ1v) is 10.6. The lowest BCUT2D eigenvalue weighted by Crippen LogP contribution is -2.15. The number of nitrogens with one attached hydrogen (secondary N) is 2. The third kappa shape index (κ3) is 4.54. The van der Waals surface area contributed by atoms with Crippen molar-refractivity contribution in [2.45, 2.75) is 19.8 Å². The van der Waals surface area contributed by atoms with Crippen molar-refractivity contribution < 1.29 is 22.0 Å². The third-order valence-electron chi connectivity index (χ3n) is 4.62. The van der Waals surface area contributed by atoms with Gasteiger partial charge in [0.2, 0.25) is 15.8 Å². The summed E-state index contributed by atoms with van der Waals surface area (Å²) in [6.45, 7) is 3.02. The van der Waals surface area contributed by atoms with Gasteiger partial charge >= 0.3 is 0 Å². The minimum absolute atomic E-state index is 0.177. The predicted molar refractivity (Wildman–Crippen MR) is 108 cm³/mol. The van der Waals surface area contributed by atoms with E-state index in [0.717, 1.165) is 12.1 Å². The smallest absolute Gasteiger partial charge is 0.232 e. The monoisotopic (exact) mass is 418 g/mol. The average molecular weight is 418 g/mol. The molecule has 8 heteroatoms. The fourth-order valence-corrected chi connectivity index (χ4v) is 3.63. The molecule has 0 spiro atoms. The Bertz CT molecular complexity index is 1120. The highest BCUT2D eigenvalue weighted by molar-refractivity contribution is 7.92. The molecule has 0 aliphatic rings. The fourth-order valence-electron chi connectivity index (χ4n) is 3.01. The van der Waals surface area contributed by atoms with Crippen molar-refractivity contribution in [1.29, 1.82) is 0 Å². The van der Waals surface area contributed by atoms with E-state index >= 15 is 0 Å². The maximum Gasteiger partial charge on any atom is 0.232 e. The second-order valence-electron chi connectivity index (χ2n) is 6.60. The molecule has 2 aromatic carbocycles. The number of ketones is 1. The van der Waals surface area contributed by atoms with E-state index in [2.05, 4.69) is 9.71 Å². The van der Waals surface area contributed by atoms with Crippen LogP contribution in [0.5, 0.6) is 0 Å². The summed E-state index contributed by atoms with van der Waals surface area (Å²) in [6.07, 6.45) is 0. The van der Waals surface area contributed by atoms with E-state index in [1.165, 1.54) is 6.92 Å². The van der Waals surface area contributed by atoms with Gasteiger partial charge in [-0.15, -0.1) is 0 Å².